The summed E-state index contributed by atoms with van der Waals surface area (Å²) in [6.07, 6.45) is -3.72. The zero-order chi connectivity index (χ0) is 21.2. The fraction of sp³-hybridized carbons (Fsp3) is 0.619. The van der Waals surface area contributed by atoms with Gasteiger partial charge in [0.05, 0.1) is 12.7 Å². The number of methoxy groups -OCH3 is 1. The molecule has 158 valence electrons. The van der Waals surface area contributed by atoms with Crippen molar-refractivity contribution in [3.8, 4) is 0 Å². The minimum atomic E-state index is -4.35. The zero-order valence-electron chi connectivity index (χ0n) is 16.7. The largest absolute Gasteiger partial charge is 0.453 e. The van der Waals surface area contributed by atoms with E-state index >= 15 is 0 Å². The molecule has 0 aromatic heterocycles. The van der Waals surface area contributed by atoms with Crippen LogP contribution in [0.1, 0.15) is 43.7 Å². The van der Waals surface area contributed by atoms with Gasteiger partial charge in [0.1, 0.15) is 0 Å². The van der Waals surface area contributed by atoms with E-state index in [9.17, 15) is 22.8 Å². The molecule has 0 unspecified atom stereocenters. The first-order chi connectivity index (χ1) is 13.5. The highest BCUT2D eigenvalue weighted by molar-refractivity contribution is 5.81. The minimum Gasteiger partial charge on any atom is -0.453 e. The minimum absolute atomic E-state index is 0.0569. The monoisotopic (exact) mass is 410 g/mol. The molecule has 0 spiro atoms. The van der Waals surface area contributed by atoms with Crippen molar-refractivity contribution < 1.29 is 27.5 Å². The van der Waals surface area contributed by atoms with E-state index in [1.807, 2.05) is 11.8 Å². The third kappa shape index (κ3) is 3.36. The first-order valence-corrected chi connectivity index (χ1v) is 9.79. The number of piperidine rings is 1. The lowest BCUT2D eigenvalue weighted by Gasteiger charge is -2.45. The van der Waals surface area contributed by atoms with Gasteiger partial charge in [0.2, 0.25) is 5.91 Å². The van der Waals surface area contributed by atoms with Crippen LogP contribution in [0.25, 0.3) is 0 Å². The van der Waals surface area contributed by atoms with Crippen LogP contribution < -0.4 is 5.32 Å². The summed E-state index contributed by atoms with van der Waals surface area (Å²) >= 11 is 0. The van der Waals surface area contributed by atoms with Crippen molar-refractivity contribution in [3.63, 3.8) is 0 Å². The third-order valence-corrected chi connectivity index (χ3v) is 7.02. The highest BCUT2D eigenvalue weighted by Crippen LogP contribution is 2.68. The second kappa shape index (κ2) is 6.37. The van der Waals surface area contributed by atoms with Gasteiger partial charge in [-0.1, -0.05) is 25.1 Å². The number of hydrogen-bond acceptors (Lipinski definition) is 3. The zero-order valence-corrected chi connectivity index (χ0v) is 16.7. The lowest BCUT2D eigenvalue weighted by Crippen LogP contribution is -2.58. The molecule has 0 radical (unpaired) electrons. The molecular weight excluding hydrogens is 385 g/mol. The molecule has 1 aromatic carbocycles. The molecule has 2 aliphatic carbocycles. The molecule has 3 aliphatic rings. The Bertz CT molecular complexity index is 850. The van der Waals surface area contributed by atoms with Crippen LogP contribution >= 0.6 is 0 Å². The quantitative estimate of drug-likeness (QED) is 0.825. The highest BCUT2D eigenvalue weighted by Gasteiger charge is 2.67. The Hall–Kier alpha value is -2.25. The molecule has 2 saturated carbocycles. The van der Waals surface area contributed by atoms with Crippen molar-refractivity contribution in [2.24, 2.45) is 17.3 Å². The van der Waals surface area contributed by atoms with Crippen LogP contribution in [0.5, 0.6) is 0 Å². The average Bonchev–Trinajstić information content (AvgIpc) is 3.03. The molecule has 1 N–H and O–H groups in total. The summed E-state index contributed by atoms with van der Waals surface area (Å²) in [5.74, 6) is 0.187. The number of nitrogens with one attached hydrogen (secondary N) is 1. The number of alkyl carbamates (subject to hydrolysis) is 1. The Morgan fingerprint density at radius 3 is 2.48 bits per heavy atom. The van der Waals surface area contributed by atoms with E-state index in [4.69, 9.17) is 0 Å². The molecule has 4 rings (SSSR count). The van der Waals surface area contributed by atoms with E-state index in [1.54, 1.807) is 6.07 Å². The van der Waals surface area contributed by atoms with Crippen LogP contribution in [0.2, 0.25) is 0 Å². The van der Waals surface area contributed by atoms with Gasteiger partial charge in [-0.25, -0.2) is 4.79 Å². The van der Waals surface area contributed by atoms with Crippen molar-refractivity contribution in [2.45, 2.75) is 44.3 Å². The Morgan fingerprint density at radius 2 is 1.93 bits per heavy atom. The maximum Gasteiger partial charge on any atom is 0.416 e. The van der Waals surface area contributed by atoms with Crippen molar-refractivity contribution in [1.82, 2.24) is 10.2 Å². The number of benzene rings is 1. The Balaban J connectivity index is 1.36. The van der Waals surface area contributed by atoms with Crippen LogP contribution in [-0.4, -0.2) is 42.6 Å². The molecule has 3 atom stereocenters. The number of nitrogens with zero attached hydrogens (tertiary/aromatic N) is 1. The first-order valence-electron chi connectivity index (χ1n) is 9.79. The summed E-state index contributed by atoms with van der Waals surface area (Å²) in [5.41, 5.74) is -0.515. The van der Waals surface area contributed by atoms with Gasteiger partial charge in [-0.3, -0.25) is 4.79 Å². The number of fused-ring (bicyclic) bond motifs is 1. The van der Waals surface area contributed by atoms with E-state index < -0.39 is 23.4 Å². The fourth-order valence-electron chi connectivity index (χ4n) is 5.45. The van der Waals surface area contributed by atoms with Crippen molar-refractivity contribution in [3.05, 3.63) is 35.4 Å². The summed E-state index contributed by atoms with van der Waals surface area (Å²) < 4.78 is 43.7. The van der Waals surface area contributed by atoms with E-state index in [0.29, 0.717) is 31.5 Å². The molecule has 2 amide bonds. The van der Waals surface area contributed by atoms with Gasteiger partial charge in [-0.05, 0) is 48.6 Å². The maximum atomic E-state index is 13.0. The van der Waals surface area contributed by atoms with Crippen molar-refractivity contribution >= 4 is 12.0 Å². The second-order valence-electron chi connectivity index (χ2n) is 9.21. The van der Waals surface area contributed by atoms with Crippen LogP contribution in [0.3, 0.4) is 0 Å². The van der Waals surface area contributed by atoms with Crippen LogP contribution in [0, 0.1) is 17.3 Å². The van der Waals surface area contributed by atoms with Crippen LogP contribution in [0.4, 0.5) is 18.0 Å². The Morgan fingerprint density at radius 1 is 1.24 bits per heavy atom. The van der Waals surface area contributed by atoms with Gasteiger partial charge >= 0.3 is 12.3 Å². The van der Waals surface area contributed by atoms with Gasteiger partial charge in [0.25, 0.3) is 0 Å². The molecule has 5 nitrogen and oxygen atoms in total. The van der Waals surface area contributed by atoms with Gasteiger partial charge in [0.15, 0.2) is 0 Å². The topological polar surface area (TPSA) is 58.6 Å². The van der Waals surface area contributed by atoms with Gasteiger partial charge in [-0.15, -0.1) is 0 Å². The lowest BCUT2D eigenvalue weighted by atomic mass is 9.69. The van der Waals surface area contributed by atoms with Crippen LogP contribution in [-0.2, 0) is 15.7 Å². The number of alkyl halides is 3. The fourth-order valence-corrected chi connectivity index (χ4v) is 5.45. The molecule has 8 heteroatoms. The molecule has 1 aromatic rings. The molecule has 1 heterocycles. The number of halogens is 3. The number of rotatable bonds is 3. The lowest BCUT2D eigenvalue weighted by molar-refractivity contribution is -0.140. The number of carbonyl (C=O) groups excluding carboxylic acids is 2. The second-order valence-corrected chi connectivity index (χ2v) is 9.21. The van der Waals surface area contributed by atoms with Gasteiger partial charge in [-0.2, -0.15) is 13.2 Å². The highest BCUT2D eigenvalue weighted by atomic mass is 19.4. The summed E-state index contributed by atoms with van der Waals surface area (Å²) in [5, 5.41) is 2.77. The predicted octanol–water partition coefficient (Wildman–Crippen LogP) is 3.79. The third-order valence-electron chi connectivity index (χ3n) is 7.02. The van der Waals surface area contributed by atoms with Crippen molar-refractivity contribution in [2.75, 3.05) is 20.2 Å². The van der Waals surface area contributed by atoms with Gasteiger partial charge in [0, 0.05) is 24.5 Å². The van der Waals surface area contributed by atoms with Crippen molar-refractivity contribution in [1.29, 1.82) is 0 Å². The molecule has 1 saturated heterocycles. The number of ether oxygens (including phenoxy) is 1. The Kier molecular flexibility index (Phi) is 4.40. The standard InChI is InChI=1S/C21H25F3N2O3/c1-19(25-18(28)29-3)8-13(9-19)17(27)26-10-15-16(20(15,2)11-26)12-5-4-6-14(7-12)21(22,23)24/h4-7,13,15-16H,8-11H2,1-3H3,(H,25,28)/t13?,15-,16-,19?,20-/m0/s1. The average molecular weight is 410 g/mol. The van der Waals surface area contributed by atoms with E-state index in [2.05, 4.69) is 17.0 Å². The molecule has 29 heavy (non-hydrogen) atoms. The normalized spacial score (nSPS) is 35.5. The van der Waals surface area contributed by atoms with E-state index in [-0.39, 0.29) is 29.1 Å². The van der Waals surface area contributed by atoms with E-state index in [0.717, 1.165) is 6.07 Å². The summed E-state index contributed by atoms with van der Waals surface area (Å²) in [7, 11) is 1.30. The number of likely N-dealkylation sites (tertiary alicyclic amines) is 1. The predicted molar refractivity (Wildman–Crippen MR) is 99.0 cm³/mol. The summed E-state index contributed by atoms with van der Waals surface area (Å²) in [6.45, 7) is 5.09. The summed E-state index contributed by atoms with van der Waals surface area (Å²) in [4.78, 5) is 26.1. The molecule has 0 bridgehead atoms. The Labute approximate surface area is 167 Å². The molecule has 3 fully saturated rings. The van der Waals surface area contributed by atoms with Gasteiger partial charge < -0.3 is 15.0 Å². The SMILES string of the molecule is COC(=O)NC1(C)CC(C(=O)N2C[C@H]3[C@H](c4cccc(C(F)(F)F)c4)[C@@]3(C)C2)C1. The molecular formula is C21H25F3N2O3. The number of amides is 2. The van der Waals surface area contributed by atoms with E-state index in [1.165, 1.54) is 19.2 Å². The maximum absolute atomic E-state index is 13.0. The number of hydrogen-bond donors (Lipinski definition) is 1. The number of carbonyl (C=O) groups is 2. The smallest absolute Gasteiger partial charge is 0.416 e. The summed E-state index contributed by atoms with van der Waals surface area (Å²) in [6, 6.07) is 5.56. The molecule has 1 aliphatic heterocycles. The van der Waals surface area contributed by atoms with Crippen LogP contribution in [0.15, 0.2) is 24.3 Å². The first kappa shape index (κ1) is 20.0.